The summed E-state index contributed by atoms with van der Waals surface area (Å²) in [4.78, 5) is 15.0. The van der Waals surface area contributed by atoms with Gasteiger partial charge in [-0.3, -0.25) is 4.99 Å². The molecule has 0 radical (unpaired) electrons. The summed E-state index contributed by atoms with van der Waals surface area (Å²) in [7, 11) is 1.34. The maximum atomic E-state index is 10.9. The number of carbonyl (C=O) groups excluding carboxylic acids is 1. The molecular formula is C7H9NO2S. The molecule has 0 aromatic heterocycles. The first-order valence-corrected chi connectivity index (χ1v) is 4.19. The van der Waals surface area contributed by atoms with Gasteiger partial charge >= 0.3 is 5.97 Å². The molecule has 0 fully saturated rings. The van der Waals surface area contributed by atoms with Crippen molar-refractivity contribution in [2.45, 2.75) is 0 Å². The molecule has 0 unspecified atom stereocenters. The Morgan fingerprint density at radius 3 is 3.00 bits per heavy atom. The second kappa shape index (κ2) is 3.57. The highest BCUT2D eigenvalue weighted by Gasteiger charge is 2.17. The van der Waals surface area contributed by atoms with Crippen molar-refractivity contribution in [2.75, 3.05) is 19.4 Å². The van der Waals surface area contributed by atoms with Crippen LogP contribution in [0.3, 0.4) is 0 Å². The second-order valence-electron chi connectivity index (χ2n) is 2.01. The van der Waals surface area contributed by atoms with Crippen LogP contribution >= 0.6 is 11.8 Å². The minimum absolute atomic E-state index is 0.370. The number of thioether (sulfide) groups is 1. The van der Waals surface area contributed by atoms with Crippen molar-refractivity contribution >= 4 is 22.8 Å². The Morgan fingerprint density at radius 2 is 2.55 bits per heavy atom. The summed E-state index contributed by atoms with van der Waals surface area (Å²) in [6.07, 6.45) is 0. The molecule has 3 nitrogen and oxygen atoms in total. The number of nitrogens with zero attached hydrogens (tertiary/aromatic N) is 1. The molecule has 1 rings (SSSR count). The van der Waals surface area contributed by atoms with E-state index in [-0.39, 0.29) is 0 Å². The Kier molecular flexibility index (Phi) is 2.70. The Bertz CT molecular complexity index is 222. The van der Waals surface area contributed by atoms with Crippen LogP contribution in [0.15, 0.2) is 17.1 Å². The minimum Gasteiger partial charge on any atom is -0.465 e. The van der Waals surface area contributed by atoms with Crippen LogP contribution in [0, 0.1) is 0 Å². The molecule has 0 aromatic rings. The smallest absolute Gasteiger partial charge is 0.339 e. The fourth-order valence-electron chi connectivity index (χ4n) is 0.728. The van der Waals surface area contributed by atoms with E-state index in [1.165, 1.54) is 7.11 Å². The number of carbonyl (C=O) groups is 1. The van der Waals surface area contributed by atoms with Gasteiger partial charge in [0.1, 0.15) is 5.04 Å². The van der Waals surface area contributed by atoms with Crippen molar-refractivity contribution in [1.29, 1.82) is 0 Å². The molecule has 11 heavy (non-hydrogen) atoms. The molecule has 0 atom stereocenters. The zero-order valence-electron chi connectivity index (χ0n) is 6.29. The molecule has 0 saturated carbocycles. The quantitative estimate of drug-likeness (QED) is 0.457. The van der Waals surface area contributed by atoms with Crippen molar-refractivity contribution in [3.8, 4) is 0 Å². The molecule has 1 heterocycles. The maximum Gasteiger partial charge on any atom is 0.339 e. The monoisotopic (exact) mass is 171 g/mol. The number of hydrogen-bond donors (Lipinski definition) is 0. The SMILES string of the molecule is C=C(C(=O)OC)C1=NCCS1. The molecule has 0 aromatic carbocycles. The lowest BCUT2D eigenvalue weighted by Gasteiger charge is -2.00. The van der Waals surface area contributed by atoms with Gasteiger partial charge in [0.15, 0.2) is 0 Å². The van der Waals surface area contributed by atoms with E-state index in [0.717, 1.165) is 17.3 Å². The summed E-state index contributed by atoms with van der Waals surface area (Å²) in [5, 5.41) is 0.719. The molecule has 0 spiro atoms. The number of methoxy groups -OCH3 is 1. The van der Waals surface area contributed by atoms with E-state index in [1.54, 1.807) is 11.8 Å². The van der Waals surface area contributed by atoms with Crippen LogP contribution in [0.1, 0.15) is 0 Å². The van der Waals surface area contributed by atoms with E-state index in [1.807, 2.05) is 0 Å². The van der Waals surface area contributed by atoms with Gasteiger partial charge in [0.2, 0.25) is 0 Å². The van der Waals surface area contributed by atoms with Crippen LogP contribution in [0.25, 0.3) is 0 Å². The lowest BCUT2D eigenvalue weighted by Crippen LogP contribution is -2.09. The van der Waals surface area contributed by atoms with Gasteiger partial charge in [0, 0.05) is 12.3 Å². The van der Waals surface area contributed by atoms with Gasteiger partial charge in [-0.2, -0.15) is 0 Å². The van der Waals surface area contributed by atoms with Crippen molar-refractivity contribution in [2.24, 2.45) is 4.99 Å². The number of ether oxygens (including phenoxy) is 1. The number of hydrogen-bond acceptors (Lipinski definition) is 4. The molecule has 0 aliphatic carbocycles. The summed E-state index contributed by atoms with van der Waals surface area (Å²) >= 11 is 1.54. The molecule has 0 bridgehead atoms. The van der Waals surface area contributed by atoms with E-state index in [4.69, 9.17) is 0 Å². The van der Waals surface area contributed by atoms with Gasteiger partial charge in [-0.1, -0.05) is 6.58 Å². The van der Waals surface area contributed by atoms with Crippen LogP contribution < -0.4 is 0 Å². The lowest BCUT2D eigenvalue weighted by molar-refractivity contribution is -0.135. The van der Waals surface area contributed by atoms with Crippen LogP contribution in [0.4, 0.5) is 0 Å². The van der Waals surface area contributed by atoms with Crippen molar-refractivity contribution in [3.05, 3.63) is 12.2 Å². The average molecular weight is 171 g/mol. The third kappa shape index (κ3) is 1.83. The maximum absolute atomic E-state index is 10.9. The lowest BCUT2D eigenvalue weighted by atomic mass is 10.3. The fourth-order valence-corrected chi connectivity index (χ4v) is 1.54. The van der Waals surface area contributed by atoms with Crippen LogP contribution in [0.5, 0.6) is 0 Å². The van der Waals surface area contributed by atoms with E-state index in [0.29, 0.717) is 5.57 Å². The highest BCUT2D eigenvalue weighted by Crippen LogP contribution is 2.17. The van der Waals surface area contributed by atoms with Gasteiger partial charge < -0.3 is 4.74 Å². The van der Waals surface area contributed by atoms with Gasteiger partial charge in [0.25, 0.3) is 0 Å². The third-order valence-electron chi connectivity index (χ3n) is 1.28. The Hall–Kier alpha value is -0.770. The first kappa shape index (κ1) is 8.33. The number of aliphatic imine (C=N–C) groups is 1. The first-order valence-electron chi connectivity index (χ1n) is 3.20. The molecule has 4 heteroatoms. The largest absolute Gasteiger partial charge is 0.465 e. The molecule has 1 aliphatic rings. The standard InChI is InChI=1S/C7H9NO2S/c1-5(7(9)10-2)6-8-3-4-11-6/h1,3-4H2,2H3. The van der Waals surface area contributed by atoms with Crippen molar-refractivity contribution in [3.63, 3.8) is 0 Å². The normalized spacial score (nSPS) is 15.9. The minimum atomic E-state index is -0.391. The molecule has 0 saturated heterocycles. The van der Waals surface area contributed by atoms with Gasteiger partial charge in [-0.25, -0.2) is 4.79 Å². The highest BCUT2D eigenvalue weighted by molar-refractivity contribution is 8.14. The third-order valence-corrected chi connectivity index (χ3v) is 2.31. The Labute approximate surface area is 69.5 Å². The number of rotatable bonds is 2. The topological polar surface area (TPSA) is 38.7 Å². The van der Waals surface area contributed by atoms with Crippen LogP contribution in [0.2, 0.25) is 0 Å². The summed E-state index contributed by atoms with van der Waals surface area (Å²) in [6, 6.07) is 0. The molecule has 0 amide bonds. The second-order valence-corrected chi connectivity index (χ2v) is 3.09. The van der Waals surface area contributed by atoms with E-state index in [2.05, 4.69) is 16.3 Å². The van der Waals surface area contributed by atoms with Crippen molar-refractivity contribution < 1.29 is 9.53 Å². The van der Waals surface area contributed by atoms with Crippen LogP contribution in [-0.2, 0) is 9.53 Å². The summed E-state index contributed by atoms with van der Waals surface area (Å²) < 4.78 is 4.49. The zero-order valence-corrected chi connectivity index (χ0v) is 7.11. The Balaban J connectivity index is 2.60. The Morgan fingerprint density at radius 1 is 1.82 bits per heavy atom. The summed E-state index contributed by atoms with van der Waals surface area (Å²) in [5.41, 5.74) is 0.370. The molecule has 1 aliphatic heterocycles. The number of esters is 1. The van der Waals surface area contributed by atoms with E-state index < -0.39 is 5.97 Å². The van der Waals surface area contributed by atoms with E-state index in [9.17, 15) is 4.79 Å². The molecule has 60 valence electrons. The molecule has 0 N–H and O–H groups in total. The predicted octanol–water partition coefficient (Wildman–Crippen LogP) is 0.861. The average Bonchev–Trinajstić information content (AvgIpc) is 2.53. The highest BCUT2D eigenvalue weighted by atomic mass is 32.2. The summed E-state index contributed by atoms with van der Waals surface area (Å²) in [6.45, 7) is 4.36. The fraction of sp³-hybridized carbons (Fsp3) is 0.429. The van der Waals surface area contributed by atoms with Gasteiger partial charge in [-0.05, 0) is 0 Å². The van der Waals surface area contributed by atoms with Crippen LogP contribution in [-0.4, -0.2) is 30.4 Å². The molecular weight excluding hydrogens is 162 g/mol. The van der Waals surface area contributed by atoms with Gasteiger partial charge in [0.05, 0.1) is 12.7 Å². The predicted molar refractivity (Wildman–Crippen MR) is 45.9 cm³/mol. The summed E-state index contributed by atoms with van der Waals surface area (Å²) in [5.74, 6) is 0.545. The first-order chi connectivity index (χ1) is 5.25. The van der Waals surface area contributed by atoms with Gasteiger partial charge in [-0.15, -0.1) is 11.8 Å². The van der Waals surface area contributed by atoms with E-state index >= 15 is 0 Å². The van der Waals surface area contributed by atoms with Crippen molar-refractivity contribution in [1.82, 2.24) is 0 Å². The zero-order chi connectivity index (χ0) is 8.27.